The molecule has 1 heterocycles. The molecule has 138 valence electrons. The Morgan fingerprint density at radius 3 is 2.77 bits per heavy atom. The molecule has 0 unspecified atom stereocenters. The van der Waals surface area contributed by atoms with Crippen molar-refractivity contribution in [2.24, 2.45) is 0 Å². The molecule has 0 aliphatic carbocycles. The van der Waals surface area contributed by atoms with Crippen LogP contribution in [0.1, 0.15) is 22.8 Å². The number of rotatable bonds is 9. The van der Waals surface area contributed by atoms with Crippen LogP contribution in [0.25, 0.3) is 0 Å². The molecule has 7 heteroatoms. The van der Waals surface area contributed by atoms with Gasteiger partial charge < -0.3 is 19.5 Å². The van der Waals surface area contributed by atoms with Crippen molar-refractivity contribution in [3.8, 4) is 11.6 Å². The maximum atomic E-state index is 12.0. The fraction of sp³-hybridized carbons (Fsp3) is 0.316. The van der Waals surface area contributed by atoms with Crippen LogP contribution in [-0.2, 0) is 9.53 Å². The molecule has 0 spiro atoms. The van der Waals surface area contributed by atoms with Gasteiger partial charge in [0.2, 0.25) is 5.88 Å². The minimum Gasteiger partial charge on any atom is -0.492 e. The molecular weight excluding hydrogens is 336 g/mol. The van der Waals surface area contributed by atoms with Crippen molar-refractivity contribution < 1.29 is 23.8 Å². The maximum Gasteiger partial charge on any atom is 0.344 e. The maximum absolute atomic E-state index is 12.0. The highest BCUT2D eigenvalue weighted by atomic mass is 16.5. The zero-order valence-corrected chi connectivity index (χ0v) is 14.9. The number of esters is 1. The molecule has 26 heavy (non-hydrogen) atoms. The third kappa shape index (κ3) is 6.08. The van der Waals surface area contributed by atoms with Crippen molar-refractivity contribution in [2.75, 3.05) is 26.4 Å². The van der Waals surface area contributed by atoms with Crippen LogP contribution >= 0.6 is 0 Å². The molecule has 0 fully saturated rings. The summed E-state index contributed by atoms with van der Waals surface area (Å²) in [5.41, 5.74) is 1.28. The third-order valence-electron chi connectivity index (χ3n) is 3.29. The Bertz CT molecular complexity index is 748. The van der Waals surface area contributed by atoms with Crippen LogP contribution < -0.4 is 14.8 Å². The molecule has 0 radical (unpaired) electrons. The van der Waals surface area contributed by atoms with Crippen LogP contribution in [0, 0.1) is 6.92 Å². The van der Waals surface area contributed by atoms with E-state index < -0.39 is 11.9 Å². The number of hydrogen-bond donors (Lipinski definition) is 1. The minimum absolute atomic E-state index is 0.185. The number of nitrogens with zero attached hydrogens (tertiary/aromatic N) is 1. The van der Waals surface area contributed by atoms with Gasteiger partial charge >= 0.3 is 5.97 Å². The van der Waals surface area contributed by atoms with Gasteiger partial charge in [0, 0.05) is 6.20 Å². The van der Waals surface area contributed by atoms with E-state index in [1.165, 1.54) is 12.3 Å². The predicted molar refractivity (Wildman–Crippen MR) is 95.4 cm³/mol. The van der Waals surface area contributed by atoms with E-state index in [9.17, 15) is 9.59 Å². The van der Waals surface area contributed by atoms with Crippen molar-refractivity contribution in [2.45, 2.75) is 13.8 Å². The lowest BCUT2D eigenvalue weighted by Gasteiger charge is -2.10. The first-order valence-electron chi connectivity index (χ1n) is 8.31. The quantitative estimate of drug-likeness (QED) is 0.546. The highest BCUT2D eigenvalue weighted by Gasteiger charge is 2.16. The van der Waals surface area contributed by atoms with Gasteiger partial charge in [0.25, 0.3) is 5.91 Å². The lowest BCUT2D eigenvalue weighted by Crippen LogP contribution is -2.32. The smallest absolute Gasteiger partial charge is 0.344 e. The largest absolute Gasteiger partial charge is 0.492 e. The fourth-order valence-electron chi connectivity index (χ4n) is 2.12. The van der Waals surface area contributed by atoms with E-state index in [4.69, 9.17) is 14.2 Å². The lowest BCUT2D eigenvalue weighted by molar-refractivity contribution is -0.124. The van der Waals surface area contributed by atoms with E-state index in [1.54, 1.807) is 13.0 Å². The Morgan fingerprint density at radius 1 is 1.15 bits per heavy atom. The molecule has 1 aromatic carbocycles. The van der Waals surface area contributed by atoms with Gasteiger partial charge in [-0.1, -0.05) is 12.1 Å². The summed E-state index contributed by atoms with van der Waals surface area (Å²) in [4.78, 5) is 27.8. The topological polar surface area (TPSA) is 86.8 Å². The average Bonchev–Trinajstić information content (AvgIpc) is 2.64. The molecule has 1 N–H and O–H groups in total. The molecule has 0 aliphatic rings. The van der Waals surface area contributed by atoms with Crippen molar-refractivity contribution in [1.29, 1.82) is 0 Å². The molecule has 0 aliphatic heterocycles. The fourth-order valence-corrected chi connectivity index (χ4v) is 2.12. The number of aromatic nitrogens is 1. The minimum atomic E-state index is -0.660. The summed E-state index contributed by atoms with van der Waals surface area (Å²) in [7, 11) is 0. The second-order valence-corrected chi connectivity index (χ2v) is 5.38. The van der Waals surface area contributed by atoms with Crippen molar-refractivity contribution in [3.05, 3.63) is 53.7 Å². The molecule has 2 rings (SSSR count). The molecule has 0 atom stereocenters. The summed E-state index contributed by atoms with van der Waals surface area (Å²) < 4.78 is 15.8. The number of benzene rings is 1. The van der Waals surface area contributed by atoms with Gasteiger partial charge in [-0.15, -0.1) is 0 Å². The predicted octanol–water partition coefficient (Wildman–Crippen LogP) is 2.14. The van der Waals surface area contributed by atoms with E-state index in [-0.39, 0.29) is 18.1 Å². The van der Waals surface area contributed by atoms with Crippen molar-refractivity contribution in [3.63, 3.8) is 0 Å². The SMILES string of the molecule is CCOc1ncccc1C(=O)OCC(=O)NCCOc1cccc(C)c1. The van der Waals surface area contributed by atoms with Gasteiger partial charge in [0.1, 0.15) is 17.9 Å². The molecule has 0 bridgehead atoms. The Kier molecular flexibility index (Phi) is 7.42. The number of aryl methyl sites for hydroxylation is 1. The summed E-state index contributed by atoms with van der Waals surface area (Å²) in [6.45, 7) is 4.38. The Morgan fingerprint density at radius 2 is 2.00 bits per heavy atom. The Labute approximate surface area is 152 Å². The van der Waals surface area contributed by atoms with Crippen LogP contribution in [0.3, 0.4) is 0 Å². The molecule has 1 amide bonds. The van der Waals surface area contributed by atoms with Gasteiger partial charge in [-0.25, -0.2) is 9.78 Å². The molecule has 0 saturated carbocycles. The summed E-state index contributed by atoms with van der Waals surface area (Å²) in [6, 6.07) is 10.8. The molecule has 7 nitrogen and oxygen atoms in total. The number of nitrogens with one attached hydrogen (secondary N) is 1. The van der Waals surface area contributed by atoms with Crippen molar-refractivity contribution >= 4 is 11.9 Å². The van der Waals surface area contributed by atoms with Gasteiger partial charge in [-0.05, 0) is 43.7 Å². The first-order valence-corrected chi connectivity index (χ1v) is 8.31. The molecule has 1 aromatic heterocycles. The van der Waals surface area contributed by atoms with Crippen LogP contribution in [0.5, 0.6) is 11.6 Å². The number of carbonyl (C=O) groups excluding carboxylic acids is 2. The van der Waals surface area contributed by atoms with Gasteiger partial charge in [0.15, 0.2) is 6.61 Å². The van der Waals surface area contributed by atoms with E-state index in [0.29, 0.717) is 19.8 Å². The van der Waals surface area contributed by atoms with E-state index in [0.717, 1.165) is 11.3 Å². The molecule has 2 aromatic rings. The lowest BCUT2D eigenvalue weighted by atomic mass is 10.2. The highest BCUT2D eigenvalue weighted by Crippen LogP contribution is 2.15. The van der Waals surface area contributed by atoms with Crippen LogP contribution in [-0.4, -0.2) is 43.2 Å². The van der Waals surface area contributed by atoms with E-state index in [1.807, 2.05) is 31.2 Å². The number of hydrogen-bond acceptors (Lipinski definition) is 6. The normalized spacial score (nSPS) is 10.1. The summed E-state index contributed by atoms with van der Waals surface area (Å²) in [6.07, 6.45) is 1.52. The van der Waals surface area contributed by atoms with E-state index >= 15 is 0 Å². The first-order chi connectivity index (χ1) is 12.6. The molecule has 0 saturated heterocycles. The zero-order chi connectivity index (χ0) is 18.8. The number of ether oxygens (including phenoxy) is 3. The van der Waals surface area contributed by atoms with Crippen molar-refractivity contribution in [1.82, 2.24) is 10.3 Å². The monoisotopic (exact) mass is 358 g/mol. The average molecular weight is 358 g/mol. The van der Waals surface area contributed by atoms with Gasteiger partial charge in [-0.3, -0.25) is 4.79 Å². The highest BCUT2D eigenvalue weighted by molar-refractivity contribution is 5.93. The zero-order valence-electron chi connectivity index (χ0n) is 14.9. The summed E-state index contributed by atoms with van der Waals surface area (Å²) >= 11 is 0. The second kappa shape index (κ2) is 10.0. The van der Waals surface area contributed by atoms with Crippen LogP contribution in [0.4, 0.5) is 0 Å². The van der Waals surface area contributed by atoms with Crippen LogP contribution in [0.15, 0.2) is 42.6 Å². The van der Waals surface area contributed by atoms with Gasteiger partial charge in [0.05, 0.1) is 13.2 Å². The number of carbonyl (C=O) groups is 2. The number of pyridine rings is 1. The third-order valence-corrected chi connectivity index (χ3v) is 3.29. The standard InChI is InChI=1S/C19H22N2O5/c1-3-24-18-16(8-5-9-21-18)19(23)26-13-17(22)20-10-11-25-15-7-4-6-14(2)12-15/h4-9,12H,3,10-11,13H2,1-2H3,(H,20,22). The van der Waals surface area contributed by atoms with Gasteiger partial charge in [-0.2, -0.15) is 0 Å². The second-order valence-electron chi connectivity index (χ2n) is 5.38. The summed E-state index contributed by atoms with van der Waals surface area (Å²) in [5.74, 6) is -0.140. The first kappa shape index (κ1) is 19.2. The van der Waals surface area contributed by atoms with E-state index in [2.05, 4.69) is 10.3 Å². The van der Waals surface area contributed by atoms with Crippen LogP contribution in [0.2, 0.25) is 0 Å². The Hall–Kier alpha value is -3.09. The number of amides is 1. The molecular formula is C19H22N2O5. The Balaban J connectivity index is 1.71. The summed E-state index contributed by atoms with van der Waals surface area (Å²) in [5, 5.41) is 2.63.